The van der Waals surface area contributed by atoms with Crippen LogP contribution in [0.25, 0.3) is 0 Å². The Balaban J connectivity index is 1.87. The molecule has 2 amide bonds. The summed E-state index contributed by atoms with van der Waals surface area (Å²) in [4.78, 5) is 39.7. The molecule has 1 heterocycles. The number of amides is 2. The van der Waals surface area contributed by atoms with E-state index in [-0.39, 0.29) is 17.8 Å². The summed E-state index contributed by atoms with van der Waals surface area (Å²) in [6.45, 7) is 7.04. The Morgan fingerprint density at radius 1 is 1.00 bits per heavy atom. The molecule has 7 nitrogen and oxygen atoms in total. The molecule has 0 radical (unpaired) electrons. The fraction of sp³-hybridized carbons (Fsp3) is 0.450. The van der Waals surface area contributed by atoms with Crippen molar-refractivity contribution in [1.29, 1.82) is 0 Å². The fourth-order valence-corrected chi connectivity index (χ4v) is 2.56. The van der Waals surface area contributed by atoms with Crippen LogP contribution in [0.3, 0.4) is 0 Å². The molecule has 0 unspecified atom stereocenters. The highest BCUT2D eigenvalue weighted by molar-refractivity contribution is 6.07. The summed E-state index contributed by atoms with van der Waals surface area (Å²) in [5, 5.41) is 0. The first-order valence-corrected chi connectivity index (χ1v) is 8.83. The van der Waals surface area contributed by atoms with Crippen molar-refractivity contribution in [1.82, 2.24) is 9.80 Å². The van der Waals surface area contributed by atoms with Gasteiger partial charge in [0.1, 0.15) is 11.4 Å². The zero-order chi connectivity index (χ0) is 20.0. The van der Waals surface area contributed by atoms with Gasteiger partial charge in [-0.25, -0.2) is 4.79 Å². The lowest BCUT2D eigenvalue weighted by molar-refractivity contribution is -0.127. The number of allylic oxidation sites excluding steroid dienone is 1. The van der Waals surface area contributed by atoms with E-state index in [0.29, 0.717) is 37.5 Å². The van der Waals surface area contributed by atoms with Crippen LogP contribution in [0.5, 0.6) is 5.75 Å². The molecular weight excluding hydrogens is 348 g/mol. The van der Waals surface area contributed by atoms with Gasteiger partial charge in [0.2, 0.25) is 5.91 Å². The van der Waals surface area contributed by atoms with E-state index in [1.54, 1.807) is 34.1 Å². The molecule has 2 rings (SSSR count). The first-order valence-electron chi connectivity index (χ1n) is 8.83. The molecule has 1 aliphatic rings. The molecule has 146 valence electrons. The molecule has 1 aromatic rings. The second kappa shape index (κ2) is 8.70. The van der Waals surface area contributed by atoms with Gasteiger partial charge in [-0.15, -0.1) is 0 Å². The molecule has 27 heavy (non-hydrogen) atoms. The van der Waals surface area contributed by atoms with Crippen molar-refractivity contribution in [2.75, 3.05) is 33.3 Å². The monoisotopic (exact) mass is 374 g/mol. The number of rotatable bonds is 4. The van der Waals surface area contributed by atoms with Crippen LogP contribution >= 0.6 is 0 Å². The SMILES string of the molecule is COc1cccc(C(=O)/C=C/C(=O)N2CCN(C(=O)OC(C)(C)C)CC2)c1. The molecule has 1 saturated heterocycles. The van der Waals surface area contributed by atoms with Gasteiger partial charge in [0.25, 0.3) is 0 Å². The smallest absolute Gasteiger partial charge is 0.410 e. The van der Waals surface area contributed by atoms with Crippen molar-refractivity contribution in [2.45, 2.75) is 26.4 Å². The number of ether oxygens (including phenoxy) is 2. The van der Waals surface area contributed by atoms with E-state index in [0.717, 1.165) is 0 Å². The number of hydrogen-bond acceptors (Lipinski definition) is 5. The van der Waals surface area contributed by atoms with Crippen LogP contribution in [0.2, 0.25) is 0 Å². The molecule has 0 N–H and O–H groups in total. The quantitative estimate of drug-likeness (QED) is 0.598. The number of nitrogens with zero attached hydrogens (tertiary/aromatic N) is 2. The lowest BCUT2D eigenvalue weighted by Crippen LogP contribution is -2.51. The van der Waals surface area contributed by atoms with Crippen LogP contribution in [0, 0.1) is 0 Å². The average molecular weight is 374 g/mol. The van der Waals surface area contributed by atoms with Gasteiger partial charge in [-0.3, -0.25) is 9.59 Å². The predicted molar refractivity (Wildman–Crippen MR) is 101 cm³/mol. The van der Waals surface area contributed by atoms with Gasteiger partial charge in [0.05, 0.1) is 7.11 Å². The van der Waals surface area contributed by atoms with E-state index in [1.807, 2.05) is 20.8 Å². The van der Waals surface area contributed by atoms with E-state index in [4.69, 9.17) is 9.47 Å². The van der Waals surface area contributed by atoms with Crippen LogP contribution in [-0.4, -0.2) is 66.5 Å². The van der Waals surface area contributed by atoms with Gasteiger partial charge in [0.15, 0.2) is 5.78 Å². The van der Waals surface area contributed by atoms with Crippen LogP contribution in [0.15, 0.2) is 36.4 Å². The summed E-state index contributed by atoms with van der Waals surface area (Å²) in [5.41, 5.74) is -0.0964. The molecular formula is C20H26N2O5. The largest absolute Gasteiger partial charge is 0.497 e. The van der Waals surface area contributed by atoms with Crippen LogP contribution < -0.4 is 4.74 Å². The van der Waals surface area contributed by atoms with Crippen molar-refractivity contribution in [3.8, 4) is 5.75 Å². The molecule has 1 aliphatic heterocycles. The summed E-state index contributed by atoms with van der Waals surface area (Å²) < 4.78 is 10.4. The third-order valence-electron chi connectivity index (χ3n) is 3.97. The second-order valence-corrected chi connectivity index (χ2v) is 7.22. The average Bonchev–Trinajstić information content (AvgIpc) is 2.64. The molecule has 0 aromatic heterocycles. The zero-order valence-corrected chi connectivity index (χ0v) is 16.2. The maximum Gasteiger partial charge on any atom is 0.410 e. The zero-order valence-electron chi connectivity index (χ0n) is 16.2. The molecule has 0 saturated carbocycles. The maximum atomic E-state index is 12.3. The molecule has 1 fully saturated rings. The number of ketones is 1. The van der Waals surface area contributed by atoms with Crippen LogP contribution in [0.1, 0.15) is 31.1 Å². The van der Waals surface area contributed by atoms with Crippen molar-refractivity contribution < 1.29 is 23.9 Å². The first kappa shape index (κ1) is 20.5. The summed E-state index contributed by atoms with van der Waals surface area (Å²) in [6.07, 6.45) is 2.15. The van der Waals surface area contributed by atoms with Crippen molar-refractivity contribution in [3.63, 3.8) is 0 Å². The summed E-state index contributed by atoms with van der Waals surface area (Å²) in [5.74, 6) is 0.0589. The van der Waals surface area contributed by atoms with E-state index >= 15 is 0 Å². The molecule has 1 aromatic carbocycles. The molecule has 0 aliphatic carbocycles. The first-order chi connectivity index (χ1) is 12.7. The third kappa shape index (κ3) is 6.13. The van der Waals surface area contributed by atoms with Crippen LogP contribution in [-0.2, 0) is 9.53 Å². The lowest BCUT2D eigenvalue weighted by atomic mass is 10.1. The van der Waals surface area contributed by atoms with E-state index < -0.39 is 5.60 Å². The van der Waals surface area contributed by atoms with Crippen molar-refractivity contribution in [3.05, 3.63) is 42.0 Å². The van der Waals surface area contributed by atoms with E-state index in [1.165, 1.54) is 19.3 Å². The van der Waals surface area contributed by atoms with Crippen molar-refractivity contribution >= 4 is 17.8 Å². The second-order valence-electron chi connectivity index (χ2n) is 7.22. The minimum Gasteiger partial charge on any atom is -0.497 e. The summed E-state index contributed by atoms with van der Waals surface area (Å²) in [6, 6.07) is 6.75. The number of hydrogen-bond donors (Lipinski definition) is 0. The molecule has 0 bridgehead atoms. The number of benzene rings is 1. The Morgan fingerprint density at radius 2 is 1.63 bits per heavy atom. The number of carbonyl (C=O) groups excluding carboxylic acids is 3. The highest BCUT2D eigenvalue weighted by atomic mass is 16.6. The fourth-order valence-electron chi connectivity index (χ4n) is 2.56. The Kier molecular flexibility index (Phi) is 6.60. The van der Waals surface area contributed by atoms with Crippen LogP contribution in [0.4, 0.5) is 4.79 Å². The minimum atomic E-state index is -0.548. The topological polar surface area (TPSA) is 76.2 Å². The summed E-state index contributed by atoms with van der Waals surface area (Å²) >= 11 is 0. The number of piperazine rings is 1. The Hall–Kier alpha value is -2.83. The van der Waals surface area contributed by atoms with Gasteiger partial charge >= 0.3 is 6.09 Å². The Bertz CT molecular complexity index is 728. The minimum absolute atomic E-state index is 0.255. The Morgan fingerprint density at radius 3 is 2.22 bits per heavy atom. The molecule has 7 heteroatoms. The normalized spacial score (nSPS) is 15.0. The highest BCUT2D eigenvalue weighted by Crippen LogP contribution is 2.14. The predicted octanol–water partition coefficient (Wildman–Crippen LogP) is 2.51. The number of methoxy groups -OCH3 is 1. The lowest BCUT2D eigenvalue weighted by Gasteiger charge is -2.35. The third-order valence-corrected chi connectivity index (χ3v) is 3.97. The van der Waals surface area contributed by atoms with Gasteiger partial charge in [0, 0.05) is 37.8 Å². The van der Waals surface area contributed by atoms with E-state index in [9.17, 15) is 14.4 Å². The number of carbonyl (C=O) groups is 3. The van der Waals surface area contributed by atoms with Gasteiger partial charge < -0.3 is 19.3 Å². The van der Waals surface area contributed by atoms with E-state index in [2.05, 4.69) is 0 Å². The van der Waals surface area contributed by atoms with Crippen molar-refractivity contribution in [2.24, 2.45) is 0 Å². The molecule has 0 atom stereocenters. The standard InChI is InChI=1S/C20H26N2O5/c1-20(2,3)27-19(25)22-12-10-21(11-13-22)18(24)9-8-17(23)15-6-5-7-16(14-15)26-4/h5-9,14H,10-13H2,1-4H3/b9-8+. The van der Waals surface area contributed by atoms with Gasteiger partial charge in [-0.05, 0) is 39.0 Å². The summed E-state index contributed by atoms with van der Waals surface area (Å²) in [7, 11) is 1.53. The van der Waals surface area contributed by atoms with Gasteiger partial charge in [-0.1, -0.05) is 12.1 Å². The van der Waals surface area contributed by atoms with Gasteiger partial charge in [-0.2, -0.15) is 0 Å². The highest BCUT2D eigenvalue weighted by Gasteiger charge is 2.27. The maximum absolute atomic E-state index is 12.3. The molecule has 0 spiro atoms. The Labute approximate surface area is 159 Å².